The van der Waals surface area contributed by atoms with Crippen molar-refractivity contribution in [2.24, 2.45) is 10.8 Å². The zero-order valence-corrected chi connectivity index (χ0v) is 9.27. The maximum absolute atomic E-state index is 5.43. The van der Waals surface area contributed by atoms with Crippen LogP contribution in [-0.4, -0.2) is 24.5 Å². The number of nitrogens with one attached hydrogen (secondary N) is 1. The fourth-order valence-electron chi connectivity index (χ4n) is 1.29. The summed E-state index contributed by atoms with van der Waals surface area (Å²) in [5.41, 5.74) is 3.51. The molecule has 0 heterocycles. The van der Waals surface area contributed by atoms with E-state index in [1.54, 1.807) is 0 Å². The summed E-state index contributed by atoms with van der Waals surface area (Å²) in [6.45, 7) is 3.04. The minimum absolute atomic E-state index is 0.683. The molecule has 4 heteroatoms. The lowest BCUT2D eigenvalue weighted by molar-refractivity contribution is 0.482. The Morgan fingerprint density at radius 2 is 2.07 bits per heavy atom. The van der Waals surface area contributed by atoms with Gasteiger partial charge in [-0.15, -0.1) is 0 Å². The third-order valence-corrected chi connectivity index (χ3v) is 2.04. The molecule has 4 nitrogen and oxygen atoms in total. The van der Waals surface area contributed by atoms with E-state index >= 15 is 0 Å². The van der Waals surface area contributed by atoms with Crippen molar-refractivity contribution in [3.63, 3.8) is 0 Å². The molecule has 82 valence electrons. The second-order valence-electron chi connectivity index (χ2n) is 3.34. The molecule has 0 spiro atoms. The maximum atomic E-state index is 5.43. The summed E-state index contributed by atoms with van der Waals surface area (Å²) in [5, 5.41) is 0. The van der Waals surface area contributed by atoms with Crippen LogP contribution in [0, 0.1) is 0 Å². The SMILES string of the molecule is CCCN(C)C(=Nc1ccccc1)NN. The van der Waals surface area contributed by atoms with Crippen LogP contribution >= 0.6 is 0 Å². The number of nitrogens with zero attached hydrogens (tertiary/aromatic N) is 2. The fourth-order valence-corrected chi connectivity index (χ4v) is 1.29. The van der Waals surface area contributed by atoms with Crippen molar-refractivity contribution in [2.75, 3.05) is 13.6 Å². The van der Waals surface area contributed by atoms with Crippen molar-refractivity contribution in [1.29, 1.82) is 0 Å². The quantitative estimate of drug-likeness (QED) is 0.341. The first-order valence-electron chi connectivity index (χ1n) is 5.09. The molecule has 0 unspecified atom stereocenters. The molecule has 0 bridgehead atoms. The van der Waals surface area contributed by atoms with Gasteiger partial charge in [0, 0.05) is 13.6 Å². The van der Waals surface area contributed by atoms with E-state index in [0.717, 1.165) is 18.7 Å². The number of guanidine groups is 1. The van der Waals surface area contributed by atoms with Gasteiger partial charge in [-0.1, -0.05) is 25.1 Å². The van der Waals surface area contributed by atoms with Crippen LogP contribution in [-0.2, 0) is 0 Å². The predicted molar refractivity (Wildman–Crippen MR) is 63.8 cm³/mol. The Morgan fingerprint density at radius 3 is 2.60 bits per heavy atom. The molecule has 15 heavy (non-hydrogen) atoms. The zero-order valence-electron chi connectivity index (χ0n) is 9.27. The minimum Gasteiger partial charge on any atom is -0.345 e. The molecule has 1 aromatic rings. The minimum atomic E-state index is 0.683. The molecule has 0 aromatic heterocycles. The third kappa shape index (κ3) is 3.59. The molecule has 0 fully saturated rings. The highest BCUT2D eigenvalue weighted by Gasteiger charge is 2.02. The first-order valence-corrected chi connectivity index (χ1v) is 5.09. The standard InChI is InChI=1S/C11H18N4/c1-3-9-15(2)11(14-12)13-10-7-5-4-6-8-10/h4-8H,3,9,12H2,1-2H3,(H,13,14). The van der Waals surface area contributed by atoms with Gasteiger partial charge in [0.1, 0.15) is 0 Å². The van der Waals surface area contributed by atoms with E-state index in [2.05, 4.69) is 17.3 Å². The van der Waals surface area contributed by atoms with Crippen LogP contribution in [0.25, 0.3) is 0 Å². The van der Waals surface area contributed by atoms with Crippen molar-refractivity contribution in [3.8, 4) is 0 Å². The summed E-state index contributed by atoms with van der Waals surface area (Å²) in [6, 6.07) is 9.75. The number of hydrogen-bond acceptors (Lipinski definition) is 2. The largest absolute Gasteiger partial charge is 0.345 e. The van der Waals surface area contributed by atoms with Gasteiger partial charge in [-0.2, -0.15) is 0 Å². The van der Waals surface area contributed by atoms with E-state index in [9.17, 15) is 0 Å². The van der Waals surface area contributed by atoms with Gasteiger partial charge in [0.15, 0.2) is 0 Å². The van der Waals surface area contributed by atoms with Gasteiger partial charge in [-0.3, -0.25) is 5.43 Å². The lowest BCUT2D eigenvalue weighted by Gasteiger charge is -2.19. The smallest absolute Gasteiger partial charge is 0.213 e. The highest BCUT2D eigenvalue weighted by Crippen LogP contribution is 2.10. The number of para-hydroxylation sites is 1. The predicted octanol–water partition coefficient (Wildman–Crippen LogP) is 1.48. The van der Waals surface area contributed by atoms with Crippen LogP contribution in [0.5, 0.6) is 0 Å². The van der Waals surface area contributed by atoms with E-state index in [1.807, 2.05) is 42.3 Å². The second-order valence-corrected chi connectivity index (χ2v) is 3.34. The normalized spacial score (nSPS) is 11.3. The molecule has 1 rings (SSSR count). The fraction of sp³-hybridized carbons (Fsp3) is 0.364. The molecule has 1 aromatic carbocycles. The molecule has 0 radical (unpaired) electrons. The first kappa shape index (κ1) is 11.5. The number of nitrogens with two attached hydrogens (primary N) is 1. The molecule has 0 aliphatic rings. The highest BCUT2D eigenvalue weighted by molar-refractivity contribution is 5.81. The van der Waals surface area contributed by atoms with E-state index < -0.39 is 0 Å². The lowest BCUT2D eigenvalue weighted by atomic mass is 10.3. The summed E-state index contributed by atoms with van der Waals surface area (Å²) in [6.07, 6.45) is 1.06. The maximum Gasteiger partial charge on any atom is 0.213 e. The Kier molecular flexibility index (Phi) is 4.63. The van der Waals surface area contributed by atoms with Crippen LogP contribution < -0.4 is 11.3 Å². The summed E-state index contributed by atoms with van der Waals surface area (Å²) in [4.78, 5) is 6.40. The molecule has 0 aliphatic heterocycles. The van der Waals surface area contributed by atoms with Gasteiger partial charge in [0.2, 0.25) is 5.96 Å². The van der Waals surface area contributed by atoms with Crippen LogP contribution in [0.1, 0.15) is 13.3 Å². The van der Waals surface area contributed by atoms with Crippen molar-refractivity contribution < 1.29 is 0 Å². The second kappa shape index (κ2) is 6.03. The number of benzene rings is 1. The molecule has 0 aliphatic carbocycles. The van der Waals surface area contributed by atoms with E-state index in [-0.39, 0.29) is 0 Å². The Balaban J connectivity index is 2.78. The van der Waals surface area contributed by atoms with Crippen molar-refractivity contribution >= 4 is 11.6 Å². The van der Waals surface area contributed by atoms with E-state index in [1.165, 1.54) is 0 Å². The lowest BCUT2D eigenvalue weighted by Crippen LogP contribution is -2.42. The Labute approximate surface area is 90.8 Å². The van der Waals surface area contributed by atoms with Crippen LogP contribution in [0.15, 0.2) is 35.3 Å². The van der Waals surface area contributed by atoms with Crippen molar-refractivity contribution in [2.45, 2.75) is 13.3 Å². The summed E-state index contributed by atoms with van der Waals surface area (Å²) in [7, 11) is 1.96. The molecular weight excluding hydrogens is 188 g/mol. The number of hydrazine groups is 1. The Hall–Kier alpha value is -1.55. The average molecular weight is 206 g/mol. The first-order chi connectivity index (χ1) is 7.27. The van der Waals surface area contributed by atoms with Gasteiger partial charge < -0.3 is 4.90 Å². The molecule has 3 N–H and O–H groups in total. The Morgan fingerprint density at radius 1 is 1.40 bits per heavy atom. The molecule has 0 amide bonds. The van der Waals surface area contributed by atoms with Crippen molar-refractivity contribution in [1.82, 2.24) is 10.3 Å². The van der Waals surface area contributed by atoms with Crippen LogP contribution in [0.3, 0.4) is 0 Å². The third-order valence-electron chi connectivity index (χ3n) is 2.04. The molecule has 0 atom stereocenters. The number of hydrogen-bond donors (Lipinski definition) is 2. The van der Waals surface area contributed by atoms with E-state index in [0.29, 0.717) is 5.96 Å². The molecule has 0 saturated heterocycles. The van der Waals surface area contributed by atoms with Crippen LogP contribution in [0.4, 0.5) is 5.69 Å². The van der Waals surface area contributed by atoms with E-state index in [4.69, 9.17) is 5.84 Å². The topological polar surface area (TPSA) is 53.6 Å². The van der Waals surface area contributed by atoms with Gasteiger partial charge in [-0.05, 0) is 18.6 Å². The number of aliphatic imine (C=N–C) groups is 1. The Bertz CT molecular complexity index is 308. The highest BCUT2D eigenvalue weighted by atomic mass is 15.4. The monoisotopic (exact) mass is 206 g/mol. The molecular formula is C11H18N4. The van der Waals surface area contributed by atoms with Gasteiger partial charge in [0.05, 0.1) is 5.69 Å². The molecule has 0 saturated carbocycles. The summed E-state index contributed by atoms with van der Waals surface area (Å²) >= 11 is 0. The summed E-state index contributed by atoms with van der Waals surface area (Å²) in [5.74, 6) is 6.11. The van der Waals surface area contributed by atoms with Gasteiger partial charge in [0.25, 0.3) is 0 Å². The van der Waals surface area contributed by atoms with Gasteiger partial charge in [-0.25, -0.2) is 10.8 Å². The van der Waals surface area contributed by atoms with Crippen molar-refractivity contribution in [3.05, 3.63) is 30.3 Å². The van der Waals surface area contributed by atoms with Gasteiger partial charge >= 0.3 is 0 Å². The summed E-state index contributed by atoms with van der Waals surface area (Å²) < 4.78 is 0. The average Bonchev–Trinajstić information content (AvgIpc) is 2.27. The number of rotatable bonds is 3. The zero-order chi connectivity index (χ0) is 11.1. The van der Waals surface area contributed by atoms with Crippen LogP contribution in [0.2, 0.25) is 0 Å².